The number of unbranched alkanes of at least 4 members (excludes halogenated alkanes) is 1. The van der Waals surface area contributed by atoms with E-state index in [1.54, 1.807) is 24.3 Å². The van der Waals surface area contributed by atoms with E-state index in [0.717, 1.165) is 24.2 Å². The lowest BCUT2D eigenvalue weighted by molar-refractivity contribution is 0.108. The average molecular weight is 374 g/mol. The minimum atomic E-state index is -0.536. The highest BCUT2D eigenvalue weighted by atomic mass is 35.5. The number of ether oxygens (including phenoxy) is 1. The van der Waals surface area contributed by atoms with E-state index >= 15 is 0 Å². The molecule has 0 saturated heterocycles. The Kier molecular flexibility index (Phi) is 5.57. The number of carbonyl (C=O) groups is 1. The molecule has 25 heavy (non-hydrogen) atoms. The molecule has 0 radical (unpaired) electrons. The summed E-state index contributed by atoms with van der Waals surface area (Å²) in [7, 11) is 0. The van der Waals surface area contributed by atoms with Crippen LogP contribution in [0.5, 0.6) is 5.75 Å². The standard InChI is InChI=1S/C20H17Cl2NO2/c1-2-3-9-25-15-6-4-5-13(10-15)19-12-17(20(22)24)16-11-14(21)7-8-18(16)23-19/h4-8,10-12H,2-3,9H2,1H3. The molecule has 0 spiro atoms. The molecule has 0 aliphatic rings. The highest BCUT2D eigenvalue weighted by Gasteiger charge is 2.13. The third-order valence-electron chi connectivity index (χ3n) is 3.88. The second-order valence-electron chi connectivity index (χ2n) is 5.72. The summed E-state index contributed by atoms with van der Waals surface area (Å²) in [4.78, 5) is 16.5. The number of hydrogen-bond acceptors (Lipinski definition) is 3. The highest BCUT2D eigenvalue weighted by molar-refractivity contribution is 6.68. The van der Waals surface area contributed by atoms with Crippen molar-refractivity contribution in [3.63, 3.8) is 0 Å². The van der Waals surface area contributed by atoms with Crippen LogP contribution in [-0.4, -0.2) is 16.8 Å². The van der Waals surface area contributed by atoms with Gasteiger partial charge >= 0.3 is 0 Å². The van der Waals surface area contributed by atoms with E-state index < -0.39 is 5.24 Å². The van der Waals surface area contributed by atoms with Gasteiger partial charge in [0.1, 0.15) is 5.75 Å². The summed E-state index contributed by atoms with van der Waals surface area (Å²) < 4.78 is 5.75. The van der Waals surface area contributed by atoms with Crippen molar-refractivity contribution in [3.8, 4) is 17.0 Å². The number of aromatic nitrogens is 1. The van der Waals surface area contributed by atoms with Gasteiger partial charge in [-0.2, -0.15) is 0 Å². The van der Waals surface area contributed by atoms with E-state index in [9.17, 15) is 4.79 Å². The summed E-state index contributed by atoms with van der Waals surface area (Å²) in [6.45, 7) is 2.80. The zero-order valence-electron chi connectivity index (χ0n) is 13.8. The summed E-state index contributed by atoms with van der Waals surface area (Å²) in [5.74, 6) is 0.780. The van der Waals surface area contributed by atoms with Crippen molar-refractivity contribution < 1.29 is 9.53 Å². The van der Waals surface area contributed by atoms with Crippen molar-refractivity contribution in [2.45, 2.75) is 19.8 Å². The van der Waals surface area contributed by atoms with E-state index in [-0.39, 0.29) is 0 Å². The molecule has 0 unspecified atom stereocenters. The van der Waals surface area contributed by atoms with Gasteiger partial charge in [-0.25, -0.2) is 4.98 Å². The zero-order chi connectivity index (χ0) is 17.8. The van der Waals surface area contributed by atoms with E-state index in [2.05, 4.69) is 11.9 Å². The number of benzene rings is 2. The van der Waals surface area contributed by atoms with Crippen molar-refractivity contribution in [1.29, 1.82) is 0 Å². The van der Waals surface area contributed by atoms with E-state index in [0.29, 0.717) is 33.8 Å². The first-order chi connectivity index (χ1) is 12.1. The van der Waals surface area contributed by atoms with Gasteiger partial charge in [0.15, 0.2) is 0 Å². The molecule has 0 bridgehead atoms. The molecule has 0 aliphatic heterocycles. The Labute approximate surface area is 156 Å². The lowest BCUT2D eigenvalue weighted by Crippen LogP contribution is -1.98. The normalized spacial score (nSPS) is 10.8. The Morgan fingerprint density at radius 1 is 1.16 bits per heavy atom. The molecule has 2 aromatic carbocycles. The third kappa shape index (κ3) is 4.12. The molecule has 0 amide bonds. The van der Waals surface area contributed by atoms with Crippen molar-refractivity contribution in [1.82, 2.24) is 4.98 Å². The predicted molar refractivity (Wildman–Crippen MR) is 103 cm³/mol. The first kappa shape index (κ1) is 17.7. The van der Waals surface area contributed by atoms with Gasteiger partial charge < -0.3 is 4.74 Å². The fraction of sp³-hybridized carbons (Fsp3) is 0.200. The molecule has 5 heteroatoms. The second kappa shape index (κ2) is 7.85. The number of carbonyl (C=O) groups excluding carboxylic acids is 1. The van der Waals surface area contributed by atoms with Crippen LogP contribution in [0.3, 0.4) is 0 Å². The molecule has 128 valence electrons. The van der Waals surface area contributed by atoms with Crippen molar-refractivity contribution in [2.75, 3.05) is 6.61 Å². The van der Waals surface area contributed by atoms with Crippen LogP contribution >= 0.6 is 23.2 Å². The van der Waals surface area contributed by atoms with Crippen molar-refractivity contribution >= 4 is 39.3 Å². The molecule has 0 atom stereocenters. The topological polar surface area (TPSA) is 39.2 Å². The fourth-order valence-corrected chi connectivity index (χ4v) is 2.92. The summed E-state index contributed by atoms with van der Waals surface area (Å²) in [5.41, 5.74) is 2.59. The fourth-order valence-electron chi connectivity index (χ4n) is 2.59. The zero-order valence-corrected chi connectivity index (χ0v) is 15.3. The van der Waals surface area contributed by atoms with Gasteiger partial charge in [-0.1, -0.05) is 37.1 Å². The molecule has 0 saturated carbocycles. The molecule has 0 aliphatic carbocycles. The van der Waals surface area contributed by atoms with Gasteiger partial charge in [-0.05, 0) is 54.4 Å². The van der Waals surface area contributed by atoms with Crippen LogP contribution in [0.1, 0.15) is 30.1 Å². The summed E-state index contributed by atoms with van der Waals surface area (Å²) in [6.07, 6.45) is 2.08. The molecule has 0 N–H and O–H groups in total. The van der Waals surface area contributed by atoms with Gasteiger partial charge in [0, 0.05) is 21.5 Å². The van der Waals surface area contributed by atoms with E-state index in [4.69, 9.17) is 27.9 Å². The lowest BCUT2D eigenvalue weighted by Gasteiger charge is -2.10. The summed E-state index contributed by atoms with van der Waals surface area (Å²) in [6, 6.07) is 14.6. The Morgan fingerprint density at radius 2 is 2.00 bits per heavy atom. The van der Waals surface area contributed by atoms with Crippen LogP contribution in [0.25, 0.3) is 22.2 Å². The lowest BCUT2D eigenvalue weighted by atomic mass is 10.0. The summed E-state index contributed by atoms with van der Waals surface area (Å²) >= 11 is 11.8. The first-order valence-corrected chi connectivity index (χ1v) is 8.87. The maximum absolute atomic E-state index is 11.9. The molecule has 0 fully saturated rings. The Hall–Kier alpha value is -2.10. The molecule has 3 rings (SSSR count). The van der Waals surface area contributed by atoms with Crippen LogP contribution in [0.2, 0.25) is 5.02 Å². The Bertz CT molecular complexity index is 925. The quantitative estimate of drug-likeness (QED) is 0.386. The highest BCUT2D eigenvalue weighted by Crippen LogP contribution is 2.29. The number of rotatable bonds is 6. The molecule has 1 aromatic heterocycles. The number of nitrogens with zero attached hydrogens (tertiary/aromatic N) is 1. The maximum atomic E-state index is 11.9. The summed E-state index contributed by atoms with van der Waals surface area (Å²) in [5, 5.41) is 0.644. The van der Waals surface area contributed by atoms with E-state index in [1.807, 2.05) is 24.3 Å². The second-order valence-corrected chi connectivity index (χ2v) is 6.50. The third-order valence-corrected chi connectivity index (χ3v) is 4.32. The minimum Gasteiger partial charge on any atom is -0.494 e. The van der Waals surface area contributed by atoms with E-state index in [1.165, 1.54) is 0 Å². The van der Waals surface area contributed by atoms with Crippen LogP contribution < -0.4 is 4.74 Å². The average Bonchev–Trinajstić information content (AvgIpc) is 2.61. The predicted octanol–water partition coefficient (Wildman–Crippen LogP) is 6.11. The van der Waals surface area contributed by atoms with Gasteiger partial charge in [-0.15, -0.1) is 0 Å². The smallest absolute Gasteiger partial charge is 0.253 e. The van der Waals surface area contributed by atoms with Crippen LogP contribution in [0.15, 0.2) is 48.5 Å². The molecule has 3 aromatic rings. The monoisotopic (exact) mass is 373 g/mol. The number of halogens is 2. The van der Waals surface area contributed by atoms with Crippen molar-refractivity contribution in [3.05, 3.63) is 59.1 Å². The van der Waals surface area contributed by atoms with Crippen LogP contribution in [0, 0.1) is 0 Å². The van der Waals surface area contributed by atoms with Gasteiger partial charge in [0.05, 0.1) is 17.8 Å². The number of hydrogen-bond donors (Lipinski definition) is 0. The first-order valence-electron chi connectivity index (χ1n) is 8.12. The number of fused-ring (bicyclic) bond motifs is 1. The molecule has 1 heterocycles. The van der Waals surface area contributed by atoms with Gasteiger partial charge in [-0.3, -0.25) is 4.79 Å². The maximum Gasteiger partial charge on any atom is 0.253 e. The van der Waals surface area contributed by atoms with Crippen molar-refractivity contribution in [2.24, 2.45) is 0 Å². The Morgan fingerprint density at radius 3 is 2.76 bits per heavy atom. The van der Waals surface area contributed by atoms with Gasteiger partial charge in [0.25, 0.3) is 5.24 Å². The molecular weight excluding hydrogens is 357 g/mol. The number of pyridine rings is 1. The molecular formula is C20H17Cl2NO2. The van der Waals surface area contributed by atoms with Crippen LogP contribution in [-0.2, 0) is 0 Å². The minimum absolute atomic E-state index is 0.390. The van der Waals surface area contributed by atoms with Crippen LogP contribution in [0.4, 0.5) is 0 Å². The largest absolute Gasteiger partial charge is 0.494 e. The SMILES string of the molecule is CCCCOc1cccc(-c2cc(C(=O)Cl)c3cc(Cl)ccc3n2)c1. The van der Waals surface area contributed by atoms with Gasteiger partial charge in [0.2, 0.25) is 0 Å². The molecule has 3 nitrogen and oxygen atoms in total. The Balaban J connectivity index is 2.05.